The highest BCUT2D eigenvalue weighted by atomic mass is 16.2. The molecule has 3 N–H and O–H groups in total. The van der Waals surface area contributed by atoms with Gasteiger partial charge < -0.3 is 16.0 Å². The molecule has 0 aromatic rings. The molecule has 8 nitrogen and oxygen atoms in total. The zero-order valence-corrected chi connectivity index (χ0v) is 18.9. The predicted molar refractivity (Wildman–Crippen MR) is 115 cm³/mol. The number of nitrogens with zero attached hydrogens (tertiary/aromatic N) is 2. The lowest BCUT2D eigenvalue weighted by Crippen LogP contribution is -2.52. The largest absolute Gasteiger partial charge is 0.356 e. The molecule has 0 radical (unpaired) electrons. The van der Waals surface area contributed by atoms with Gasteiger partial charge in [0.05, 0.1) is 12.1 Å². The van der Waals surface area contributed by atoms with Gasteiger partial charge in [-0.1, -0.05) is 20.8 Å². The van der Waals surface area contributed by atoms with Crippen molar-refractivity contribution < 1.29 is 14.4 Å². The standard InChI is InChI=1S/C23H35N5O3/c1-23(2,3)12-19(28-21(30)16-6-4-15(13-24)5-7-16)22(31)27-18(14-25)9-8-17-10-11-26-20(17)29/h15-19H,4-12H2,1-3H3,(H,26,29)(H,27,31)(H,28,30)/t15-,16-,17-,18+,19+/m1/s1. The number of hydrogen-bond donors (Lipinski definition) is 3. The summed E-state index contributed by atoms with van der Waals surface area (Å²) in [6, 6.07) is 2.94. The van der Waals surface area contributed by atoms with Crippen LogP contribution in [0.25, 0.3) is 0 Å². The van der Waals surface area contributed by atoms with Crippen LogP contribution in [0.5, 0.6) is 0 Å². The van der Waals surface area contributed by atoms with E-state index in [9.17, 15) is 19.6 Å². The second kappa shape index (κ2) is 11.1. The Morgan fingerprint density at radius 3 is 2.32 bits per heavy atom. The van der Waals surface area contributed by atoms with Crippen molar-refractivity contribution in [2.45, 2.75) is 84.2 Å². The Hall–Kier alpha value is -2.61. The monoisotopic (exact) mass is 429 g/mol. The summed E-state index contributed by atoms with van der Waals surface area (Å²) < 4.78 is 0. The summed E-state index contributed by atoms with van der Waals surface area (Å²) in [7, 11) is 0. The van der Waals surface area contributed by atoms with E-state index in [4.69, 9.17) is 5.26 Å². The average Bonchev–Trinajstić information content (AvgIpc) is 3.14. The molecule has 0 aromatic carbocycles. The fourth-order valence-corrected chi connectivity index (χ4v) is 4.33. The molecule has 3 amide bonds. The molecule has 3 atom stereocenters. The van der Waals surface area contributed by atoms with Crippen molar-refractivity contribution in [3.63, 3.8) is 0 Å². The van der Waals surface area contributed by atoms with Gasteiger partial charge in [0.1, 0.15) is 12.1 Å². The van der Waals surface area contributed by atoms with Crippen LogP contribution in [0, 0.1) is 45.8 Å². The Morgan fingerprint density at radius 1 is 1.13 bits per heavy atom. The van der Waals surface area contributed by atoms with Crippen molar-refractivity contribution in [2.75, 3.05) is 6.54 Å². The first kappa shape index (κ1) is 24.7. The summed E-state index contributed by atoms with van der Waals surface area (Å²) in [5, 5.41) is 27.0. The lowest BCUT2D eigenvalue weighted by molar-refractivity contribution is -0.132. The van der Waals surface area contributed by atoms with Crippen LogP contribution < -0.4 is 16.0 Å². The molecule has 1 aliphatic heterocycles. The number of nitriles is 2. The van der Waals surface area contributed by atoms with Crippen molar-refractivity contribution in [1.29, 1.82) is 10.5 Å². The Bertz CT molecular complexity index is 738. The average molecular weight is 430 g/mol. The maximum Gasteiger partial charge on any atom is 0.243 e. The van der Waals surface area contributed by atoms with Crippen LogP contribution in [-0.4, -0.2) is 36.3 Å². The molecule has 31 heavy (non-hydrogen) atoms. The first-order chi connectivity index (χ1) is 14.6. The molecule has 0 aromatic heterocycles. The summed E-state index contributed by atoms with van der Waals surface area (Å²) in [6.07, 6.45) is 4.85. The van der Waals surface area contributed by atoms with Gasteiger partial charge in [0.15, 0.2) is 0 Å². The second-order valence-electron chi connectivity index (χ2n) is 10.0. The van der Waals surface area contributed by atoms with Crippen LogP contribution in [0.3, 0.4) is 0 Å². The molecule has 8 heteroatoms. The van der Waals surface area contributed by atoms with E-state index >= 15 is 0 Å². The first-order valence-corrected chi connectivity index (χ1v) is 11.3. The van der Waals surface area contributed by atoms with Crippen molar-refractivity contribution in [3.05, 3.63) is 0 Å². The molecule has 170 valence electrons. The molecule has 1 saturated carbocycles. The summed E-state index contributed by atoms with van der Waals surface area (Å²) in [5.41, 5.74) is -0.197. The zero-order chi connectivity index (χ0) is 23.0. The maximum atomic E-state index is 13.0. The van der Waals surface area contributed by atoms with E-state index in [0.717, 1.165) is 6.42 Å². The van der Waals surface area contributed by atoms with E-state index < -0.39 is 12.1 Å². The first-order valence-electron chi connectivity index (χ1n) is 11.3. The van der Waals surface area contributed by atoms with Crippen molar-refractivity contribution >= 4 is 17.7 Å². The number of amides is 3. The van der Waals surface area contributed by atoms with Gasteiger partial charge in [-0.15, -0.1) is 0 Å². The fraction of sp³-hybridized carbons (Fsp3) is 0.783. The van der Waals surface area contributed by atoms with E-state index in [1.165, 1.54) is 0 Å². The van der Waals surface area contributed by atoms with E-state index in [2.05, 4.69) is 28.1 Å². The fourth-order valence-electron chi connectivity index (χ4n) is 4.33. The van der Waals surface area contributed by atoms with Gasteiger partial charge in [-0.3, -0.25) is 14.4 Å². The lowest BCUT2D eigenvalue weighted by atomic mass is 9.82. The molecule has 0 unspecified atom stereocenters. The van der Waals surface area contributed by atoms with Crippen LogP contribution in [0.1, 0.15) is 72.1 Å². The topological polar surface area (TPSA) is 135 Å². The SMILES string of the molecule is CC(C)(C)C[C@H](NC(=O)[C@H]1CC[C@H](C#N)CC1)C(=O)N[C@H](C#N)CC[C@@H]1CCNC1=O. The Kier molecular flexibility index (Phi) is 8.86. The van der Waals surface area contributed by atoms with E-state index in [1.54, 1.807) is 0 Å². The Morgan fingerprint density at radius 2 is 1.81 bits per heavy atom. The van der Waals surface area contributed by atoms with Gasteiger partial charge in [-0.05, 0) is 56.8 Å². The number of carbonyl (C=O) groups is 3. The third-order valence-electron chi connectivity index (χ3n) is 6.17. The van der Waals surface area contributed by atoms with Crippen molar-refractivity contribution in [1.82, 2.24) is 16.0 Å². The summed E-state index contributed by atoms with van der Waals surface area (Å²) in [6.45, 7) is 6.65. The third kappa shape index (κ3) is 7.86. The second-order valence-corrected chi connectivity index (χ2v) is 10.0. The molecule has 0 spiro atoms. The minimum Gasteiger partial charge on any atom is -0.356 e. The van der Waals surface area contributed by atoms with Crippen LogP contribution >= 0.6 is 0 Å². The Balaban J connectivity index is 1.95. The number of rotatable bonds is 8. The van der Waals surface area contributed by atoms with Gasteiger partial charge in [0.25, 0.3) is 0 Å². The normalized spacial score (nSPS) is 25.5. The number of hydrogen-bond acceptors (Lipinski definition) is 5. The summed E-state index contributed by atoms with van der Waals surface area (Å²) in [5.74, 6) is -0.801. The summed E-state index contributed by atoms with van der Waals surface area (Å²) in [4.78, 5) is 37.5. The van der Waals surface area contributed by atoms with Crippen LogP contribution in [0.4, 0.5) is 0 Å². The summed E-state index contributed by atoms with van der Waals surface area (Å²) >= 11 is 0. The van der Waals surface area contributed by atoms with Crippen LogP contribution in [0.15, 0.2) is 0 Å². The molecule has 1 saturated heterocycles. The number of nitrogens with one attached hydrogen (secondary N) is 3. The van der Waals surface area contributed by atoms with Crippen molar-refractivity contribution in [2.24, 2.45) is 23.2 Å². The minimum absolute atomic E-state index is 0.00649. The lowest BCUT2D eigenvalue weighted by Gasteiger charge is -2.30. The maximum absolute atomic E-state index is 13.0. The highest BCUT2D eigenvalue weighted by molar-refractivity contribution is 5.89. The quantitative estimate of drug-likeness (QED) is 0.543. The highest BCUT2D eigenvalue weighted by Crippen LogP contribution is 2.29. The van der Waals surface area contributed by atoms with E-state index in [0.29, 0.717) is 51.5 Å². The molecule has 1 aliphatic carbocycles. The van der Waals surface area contributed by atoms with E-state index in [1.807, 2.05) is 20.8 Å². The van der Waals surface area contributed by atoms with Gasteiger partial charge in [0.2, 0.25) is 17.7 Å². The van der Waals surface area contributed by atoms with Gasteiger partial charge in [0, 0.05) is 24.3 Å². The number of carbonyl (C=O) groups excluding carboxylic acids is 3. The molecule has 2 aliphatic rings. The van der Waals surface area contributed by atoms with Crippen LogP contribution in [-0.2, 0) is 14.4 Å². The predicted octanol–water partition coefficient (Wildman–Crippen LogP) is 2.16. The molecular formula is C23H35N5O3. The zero-order valence-electron chi connectivity index (χ0n) is 18.9. The van der Waals surface area contributed by atoms with Crippen LogP contribution in [0.2, 0.25) is 0 Å². The van der Waals surface area contributed by atoms with Gasteiger partial charge >= 0.3 is 0 Å². The third-order valence-corrected chi connectivity index (χ3v) is 6.17. The molecule has 1 heterocycles. The molecular weight excluding hydrogens is 394 g/mol. The van der Waals surface area contributed by atoms with Crippen molar-refractivity contribution in [3.8, 4) is 12.1 Å². The Labute approximate surface area is 185 Å². The van der Waals surface area contributed by atoms with Gasteiger partial charge in [-0.2, -0.15) is 10.5 Å². The van der Waals surface area contributed by atoms with Gasteiger partial charge in [-0.25, -0.2) is 0 Å². The van der Waals surface area contributed by atoms with E-state index in [-0.39, 0.29) is 40.9 Å². The minimum atomic E-state index is -0.730. The molecule has 2 rings (SSSR count). The molecule has 2 fully saturated rings. The molecule has 0 bridgehead atoms. The highest BCUT2D eigenvalue weighted by Gasteiger charge is 2.32. The smallest absolute Gasteiger partial charge is 0.243 e.